The molecule has 0 unspecified atom stereocenters. The van der Waals surface area contributed by atoms with Gasteiger partial charge < -0.3 is 14.2 Å². The van der Waals surface area contributed by atoms with Crippen LogP contribution in [-0.4, -0.2) is 37.7 Å². The molecular formula is C18H24O5. The van der Waals surface area contributed by atoms with Crippen molar-refractivity contribution in [2.24, 2.45) is 5.41 Å². The lowest BCUT2D eigenvalue weighted by Crippen LogP contribution is -2.31. The Balaban J connectivity index is 1.75. The number of cyclic esters (lactones) is 1. The number of carbonyl (C=O) groups is 2. The summed E-state index contributed by atoms with van der Waals surface area (Å²) in [6.45, 7) is 4.26. The molecule has 126 valence electrons. The predicted molar refractivity (Wildman–Crippen MR) is 84.8 cm³/mol. The van der Waals surface area contributed by atoms with Crippen LogP contribution in [0.5, 0.6) is 0 Å². The summed E-state index contributed by atoms with van der Waals surface area (Å²) in [6.07, 6.45) is 0.127. The van der Waals surface area contributed by atoms with Gasteiger partial charge in [-0.2, -0.15) is 0 Å². The maximum atomic E-state index is 12.2. The molecule has 0 N–H and O–H groups in total. The van der Waals surface area contributed by atoms with Crippen molar-refractivity contribution < 1.29 is 23.8 Å². The Morgan fingerprint density at radius 1 is 1.22 bits per heavy atom. The smallest absolute Gasteiger partial charge is 0.319 e. The third kappa shape index (κ3) is 4.39. The van der Waals surface area contributed by atoms with E-state index in [9.17, 15) is 9.59 Å². The van der Waals surface area contributed by atoms with Gasteiger partial charge in [-0.25, -0.2) is 0 Å². The van der Waals surface area contributed by atoms with E-state index in [1.54, 1.807) is 21.0 Å². The molecule has 0 aliphatic carbocycles. The quantitative estimate of drug-likeness (QED) is 0.418. The normalized spacial score (nSPS) is 21.3. The number of methoxy groups -OCH3 is 1. The molecule has 1 heterocycles. The van der Waals surface area contributed by atoms with Crippen molar-refractivity contribution >= 4 is 11.8 Å². The van der Waals surface area contributed by atoms with Gasteiger partial charge in [0, 0.05) is 20.1 Å². The van der Waals surface area contributed by atoms with Crippen LogP contribution in [0, 0.1) is 5.41 Å². The molecule has 5 nitrogen and oxygen atoms in total. The Labute approximate surface area is 136 Å². The van der Waals surface area contributed by atoms with Crippen molar-refractivity contribution in [1.29, 1.82) is 0 Å². The molecule has 0 radical (unpaired) electrons. The number of ether oxygens (including phenoxy) is 3. The molecule has 1 aliphatic rings. The summed E-state index contributed by atoms with van der Waals surface area (Å²) in [5, 5.41) is 0. The molecule has 1 aromatic rings. The fraction of sp³-hybridized carbons (Fsp3) is 0.556. The summed E-state index contributed by atoms with van der Waals surface area (Å²) in [7, 11) is 1.59. The van der Waals surface area contributed by atoms with Gasteiger partial charge in [-0.1, -0.05) is 30.3 Å². The van der Waals surface area contributed by atoms with Crippen LogP contribution < -0.4 is 0 Å². The van der Waals surface area contributed by atoms with Crippen molar-refractivity contribution in [3.05, 3.63) is 35.9 Å². The van der Waals surface area contributed by atoms with E-state index in [0.717, 1.165) is 5.56 Å². The molecule has 0 spiro atoms. The van der Waals surface area contributed by atoms with Crippen LogP contribution in [0.15, 0.2) is 30.3 Å². The monoisotopic (exact) mass is 320 g/mol. The van der Waals surface area contributed by atoms with Gasteiger partial charge in [-0.05, 0) is 25.8 Å². The highest BCUT2D eigenvalue weighted by molar-refractivity contribution is 6.10. The third-order valence-electron chi connectivity index (χ3n) is 4.17. The van der Waals surface area contributed by atoms with E-state index in [1.807, 2.05) is 30.3 Å². The van der Waals surface area contributed by atoms with E-state index in [0.29, 0.717) is 26.1 Å². The fourth-order valence-corrected chi connectivity index (χ4v) is 2.54. The second-order valence-corrected chi connectivity index (χ2v) is 6.30. The average molecular weight is 320 g/mol. The van der Waals surface area contributed by atoms with Crippen molar-refractivity contribution in [3.8, 4) is 0 Å². The van der Waals surface area contributed by atoms with Gasteiger partial charge in [0.15, 0.2) is 11.9 Å². The lowest BCUT2D eigenvalue weighted by Gasteiger charge is -2.18. The maximum Gasteiger partial charge on any atom is 0.319 e. The van der Waals surface area contributed by atoms with Crippen molar-refractivity contribution in [2.75, 3.05) is 13.7 Å². The minimum absolute atomic E-state index is 0.172. The minimum atomic E-state index is -1.05. The minimum Gasteiger partial charge on any atom is -0.453 e. The van der Waals surface area contributed by atoms with Gasteiger partial charge in [0.1, 0.15) is 5.41 Å². The number of esters is 1. The molecule has 0 amide bonds. The zero-order valence-corrected chi connectivity index (χ0v) is 13.9. The second kappa shape index (κ2) is 7.70. The SMILES string of the molecule is CO[C@@H](CCOCc1ccccc1)C[C@H]1OC(=O)C(C)(C)C1=O. The van der Waals surface area contributed by atoms with E-state index in [4.69, 9.17) is 14.2 Å². The second-order valence-electron chi connectivity index (χ2n) is 6.30. The first-order valence-corrected chi connectivity index (χ1v) is 7.85. The van der Waals surface area contributed by atoms with Gasteiger partial charge in [-0.3, -0.25) is 9.59 Å². The van der Waals surface area contributed by atoms with Crippen LogP contribution in [0.1, 0.15) is 32.3 Å². The Kier molecular flexibility index (Phi) is 5.91. The van der Waals surface area contributed by atoms with Crippen LogP contribution in [0.3, 0.4) is 0 Å². The van der Waals surface area contributed by atoms with Crippen LogP contribution in [0.2, 0.25) is 0 Å². The van der Waals surface area contributed by atoms with E-state index in [-0.39, 0.29) is 11.9 Å². The number of hydrogen-bond donors (Lipinski definition) is 0. The maximum absolute atomic E-state index is 12.2. The number of rotatable bonds is 8. The topological polar surface area (TPSA) is 61.8 Å². The van der Waals surface area contributed by atoms with Gasteiger partial charge in [0.25, 0.3) is 0 Å². The summed E-state index contributed by atoms with van der Waals surface area (Å²) in [5.74, 6) is -0.627. The molecule has 0 bridgehead atoms. The van der Waals surface area contributed by atoms with Crippen molar-refractivity contribution in [2.45, 2.75) is 45.5 Å². The summed E-state index contributed by atoms with van der Waals surface area (Å²) in [4.78, 5) is 23.9. The van der Waals surface area contributed by atoms with Gasteiger partial charge >= 0.3 is 5.97 Å². The largest absolute Gasteiger partial charge is 0.453 e. The first-order valence-electron chi connectivity index (χ1n) is 7.85. The zero-order chi connectivity index (χ0) is 16.9. The molecule has 5 heteroatoms. The first kappa shape index (κ1) is 17.6. The number of Topliss-reactive ketones (excluding diaryl/α,β-unsaturated/α-hetero) is 1. The molecule has 1 saturated heterocycles. The molecule has 23 heavy (non-hydrogen) atoms. The molecule has 2 atom stereocenters. The highest BCUT2D eigenvalue weighted by atomic mass is 16.6. The summed E-state index contributed by atoms with van der Waals surface area (Å²) in [5.41, 5.74) is 0.0652. The molecular weight excluding hydrogens is 296 g/mol. The number of hydrogen-bond acceptors (Lipinski definition) is 5. The van der Waals surface area contributed by atoms with Crippen LogP contribution in [0.4, 0.5) is 0 Å². The fourth-order valence-electron chi connectivity index (χ4n) is 2.54. The third-order valence-corrected chi connectivity index (χ3v) is 4.17. The van der Waals surface area contributed by atoms with E-state index in [1.165, 1.54) is 0 Å². The highest BCUT2D eigenvalue weighted by Gasteiger charge is 2.50. The molecule has 0 saturated carbocycles. The van der Waals surface area contributed by atoms with Crippen LogP contribution >= 0.6 is 0 Å². The van der Waals surface area contributed by atoms with Crippen LogP contribution in [-0.2, 0) is 30.4 Å². The van der Waals surface area contributed by atoms with E-state index < -0.39 is 17.5 Å². The summed E-state index contributed by atoms with van der Waals surface area (Å²) in [6, 6.07) is 9.92. The first-order chi connectivity index (χ1) is 10.9. The van der Waals surface area contributed by atoms with Crippen molar-refractivity contribution in [1.82, 2.24) is 0 Å². The predicted octanol–water partition coefficient (Wildman–Crippen LogP) is 2.52. The Morgan fingerprint density at radius 2 is 1.91 bits per heavy atom. The number of benzene rings is 1. The highest BCUT2D eigenvalue weighted by Crippen LogP contribution is 2.32. The number of ketones is 1. The van der Waals surface area contributed by atoms with E-state index >= 15 is 0 Å². The number of carbonyl (C=O) groups excluding carboxylic acids is 2. The zero-order valence-electron chi connectivity index (χ0n) is 13.9. The molecule has 1 aliphatic heterocycles. The van der Waals surface area contributed by atoms with Gasteiger partial charge in [-0.15, -0.1) is 0 Å². The standard InChI is InChI=1S/C18H24O5/c1-18(2)16(19)15(23-17(18)20)11-14(21-3)9-10-22-12-13-7-5-4-6-8-13/h4-8,14-15H,9-12H2,1-3H3/t14-,15+/m0/s1. The summed E-state index contributed by atoms with van der Waals surface area (Å²) < 4.78 is 16.2. The van der Waals surface area contributed by atoms with Crippen LogP contribution in [0.25, 0.3) is 0 Å². The average Bonchev–Trinajstić information content (AvgIpc) is 2.74. The molecule has 1 aromatic carbocycles. The lowest BCUT2D eigenvalue weighted by molar-refractivity contribution is -0.148. The Hall–Kier alpha value is -1.72. The van der Waals surface area contributed by atoms with Gasteiger partial charge in [0.05, 0.1) is 12.7 Å². The molecule has 2 rings (SSSR count). The molecule has 1 fully saturated rings. The Morgan fingerprint density at radius 3 is 2.48 bits per heavy atom. The van der Waals surface area contributed by atoms with Gasteiger partial charge in [0.2, 0.25) is 0 Å². The van der Waals surface area contributed by atoms with E-state index in [2.05, 4.69) is 0 Å². The lowest BCUT2D eigenvalue weighted by atomic mass is 9.87. The summed E-state index contributed by atoms with van der Waals surface area (Å²) >= 11 is 0. The molecule has 0 aromatic heterocycles. The Bertz CT molecular complexity index is 538. The van der Waals surface area contributed by atoms with Crippen molar-refractivity contribution in [3.63, 3.8) is 0 Å².